The molecule has 8 heteroatoms. The van der Waals surface area contributed by atoms with Gasteiger partial charge >= 0.3 is 0 Å². The molecule has 1 aliphatic heterocycles. The van der Waals surface area contributed by atoms with E-state index in [1.807, 2.05) is 30.3 Å². The van der Waals surface area contributed by atoms with Gasteiger partial charge in [0.2, 0.25) is 11.0 Å². The summed E-state index contributed by atoms with van der Waals surface area (Å²) >= 11 is 7.23. The molecule has 0 spiro atoms. The molecule has 6 nitrogen and oxygen atoms in total. The maximum Gasteiger partial charge on any atom is 0.253 e. The lowest BCUT2D eigenvalue weighted by Crippen LogP contribution is -2.43. The number of piperidine rings is 1. The fourth-order valence-electron chi connectivity index (χ4n) is 3.33. The lowest BCUT2D eigenvalue weighted by atomic mass is 9.96. The molecule has 2 heterocycles. The Labute approximate surface area is 177 Å². The van der Waals surface area contributed by atoms with Gasteiger partial charge < -0.3 is 10.2 Å². The fourth-order valence-corrected chi connectivity index (χ4v) is 4.21. The third-order valence-corrected chi connectivity index (χ3v) is 5.99. The van der Waals surface area contributed by atoms with Crippen molar-refractivity contribution in [2.24, 2.45) is 5.92 Å². The Morgan fingerprint density at radius 1 is 1.07 bits per heavy atom. The maximum absolute atomic E-state index is 12.7. The van der Waals surface area contributed by atoms with E-state index in [9.17, 15) is 9.59 Å². The molecular weight excluding hydrogens is 408 g/mol. The highest BCUT2D eigenvalue weighted by molar-refractivity contribution is 7.18. The predicted octanol–water partition coefficient (Wildman–Crippen LogP) is 4.35. The third kappa shape index (κ3) is 4.63. The maximum atomic E-state index is 12.7. The van der Waals surface area contributed by atoms with E-state index in [2.05, 4.69) is 15.5 Å². The second-order valence-electron chi connectivity index (χ2n) is 6.86. The van der Waals surface area contributed by atoms with Crippen LogP contribution in [0, 0.1) is 5.92 Å². The number of hydrogen-bond acceptors (Lipinski definition) is 5. The van der Waals surface area contributed by atoms with E-state index < -0.39 is 0 Å². The molecule has 1 unspecified atom stereocenters. The van der Waals surface area contributed by atoms with Gasteiger partial charge in [0.25, 0.3) is 5.91 Å². The zero-order chi connectivity index (χ0) is 20.2. The van der Waals surface area contributed by atoms with Crippen molar-refractivity contribution in [1.82, 2.24) is 15.1 Å². The number of nitrogens with zero attached hydrogens (tertiary/aromatic N) is 3. The number of amides is 2. The van der Waals surface area contributed by atoms with Crippen molar-refractivity contribution >= 4 is 39.9 Å². The zero-order valence-corrected chi connectivity index (χ0v) is 17.1. The second-order valence-corrected chi connectivity index (χ2v) is 8.28. The highest BCUT2D eigenvalue weighted by Crippen LogP contribution is 2.27. The SMILES string of the molecule is O=C(Nc1nnc(-c2ccccc2)s1)C1CCCN(C(=O)c2ccc(Cl)cc2)C1. The Bertz CT molecular complexity index is 1010. The molecule has 1 saturated heterocycles. The number of rotatable bonds is 4. The van der Waals surface area contributed by atoms with Crippen LogP contribution >= 0.6 is 22.9 Å². The van der Waals surface area contributed by atoms with Crippen molar-refractivity contribution in [3.05, 3.63) is 65.2 Å². The molecular formula is C21H19ClN4O2S. The molecule has 29 heavy (non-hydrogen) atoms. The monoisotopic (exact) mass is 426 g/mol. The normalized spacial score (nSPS) is 16.4. The average Bonchev–Trinajstić information content (AvgIpc) is 3.23. The van der Waals surface area contributed by atoms with Crippen LogP contribution < -0.4 is 5.32 Å². The summed E-state index contributed by atoms with van der Waals surface area (Å²) in [6, 6.07) is 16.5. The van der Waals surface area contributed by atoms with Crippen molar-refractivity contribution < 1.29 is 9.59 Å². The van der Waals surface area contributed by atoms with E-state index >= 15 is 0 Å². The summed E-state index contributed by atoms with van der Waals surface area (Å²) in [5.41, 5.74) is 1.54. The molecule has 1 N–H and O–H groups in total. The summed E-state index contributed by atoms with van der Waals surface area (Å²) < 4.78 is 0. The van der Waals surface area contributed by atoms with Crippen LogP contribution in [-0.4, -0.2) is 40.0 Å². The molecule has 2 amide bonds. The number of hydrogen-bond donors (Lipinski definition) is 1. The summed E-state index contributed by atoms with van der Waals surface area (Å²) in [6.45, 7) is 1.03. The van der Waals surface area contributed by atoms with Gasteiger partial charge in [-0.05, 0) is 37.1 Å². The molecule has 1 aromatic heterocycles. The number of likely N-dealkylation sites (tertiary alicyclic amines) is 1. The summed E-state index contributed by atoms with van der Waals surface area (Å²) in [4.78, 5) is 27.2. The minimum absolute atomic E-state index is 0.0820. The molecule has 148 valence electrons. The molecule has 1 fully saturated rings. The molecule has 2 aromatic carbocycles. The van der Waals surface area contributed by atoms with E-state index in [0.29, 0.717) is 28.8 Å². The van der Waals surface area contributed by atoms with Crippen molar-refractivity contribution in [2.45, 2.75) is 12.8 Å². The van der Waals surface area contributed by atoms with Crippen LogP contribution in [0.2, 0.25) is 5.02 Å². The molecule has 0 bridgehead atoms. The van der Waals surface area contributed by atoms with E-state index in [4.69, 9.17) is 11.6 Å². The van der Waals surface area contributed by atoms with E-state index in [1.165, 1.54) is 11.3 Å². The second kappa shape index (κ2) is 8.71. The summed E-state index contributed by atoms with van der Waals surface area (Å²) in [5, 5.41) is 12.9. The Balaban J connectivity index is 1.39. The van der Waals surface area contributed by atoms with E-state index in [-0.39, 0.29) is 17.7 Å². The number of anilines is 1. The van der Waals surface area contributed by atoms with Crippen molar-refractivity contribution in [3.8, 4) is 10.6 Å². The Kier molecular flexibility index (Phi) is 5.87. The van der Waals surface area contributed by atoms with Crippen LogP contribution in [0.15, 0.2) is 54.6 Å². The quantitative estimate of drug-likeness (QED) is 0.673. The van der Waals surface area contributed by atoms with E-state index in [1.54, 1.807) is 29.2 Å². The number of nitrogens with one attached hydrogen (secondary N) is 1. The van der Waals surface area contributed by atoms with Crippen LogP contribution in [-0.2, 0) is 4.79 Å². The van der Waals surface area contributed by atoms with Gasteiger partial charge in [-0.2, -0.15) is 0 Å². The molecule has 4 rings (SSSR count). The van der Waals surface area contributed by atoms with Crippen LogP contribution in [0.4, 0.5) is 5.13 Å². The van der Waals surface area contributed by atoms with Gasteiger partial charge in [0.1, 0.15) is 5.01 Å². The van der Waals surface area contributed by atoms with Crippen molar-refractivity contribution in [2.75, 3.05) is 18.4 Å². The predicted molar refractivity (Wildman–Crippen MR) is 114 cm³/mol. The lowest BCUT2D eigenvalue weighted by molar-refractivity contribution is -0.121. The molecule has 3 aromatic rings. The molecule has 1 atom stereocenters. The first kappa shape index (κ1) is 19.5. The Hall–Kier alpha value is -2.77. The largest absolute Gasteiger partial charge is 0.338 e. The zero-order valence-electron chi connectivity index (χ0n) is 15.5. The Morgan fingerprint density at radius 3 is 2.59 bits per heavy atom. The summed E-state index contributed by atoms with van der Waals surface area (Å²) in [5.74, 6) is -0.486. The lowest BCUT2D eigenvalue weighted by Gasteiger charge is -2.32. The molecule has 0 radical (unpaired) electrons. The van der Waals surface area contributed by atoms with E-state index in [0.717, 1.165) is 23.4 Å². The standard InChI is InChI=1S/C21H19ClN4O2S/c22-17-10-8-15(9-11-17)20(28)26-12-4-7-16(13-26)18(27)23-21-25-24-19(29-21)14-5-2-1-3-6-14/h1-3,5-6,8-11,16H,4,7,12-13H2,(H,23,25,27). The Morgan fingerprint density at radius 2 is 1.83 bits per heavy atom. The fraction of sp³-hybridized carbons (Fsp3) is 0.238. The first-order valence-corrected chi connectivity index (χ1v) is 10.5. The number of carbonyl (C=O) groups excluding carboxylic acids is 2. The minimum atomic E-state index is -0.274. The topological polar surface area (TPSA) is 75.2 Å². The average molecular weight is 427 g/mol. The van der Waals surface area contributed by atoms with Gasteiger partial charge in [-0.25, -0.2) is 0 Å². The summed E-state index contributed by atoms with van der Waals surface area (Å²) in [7, 11) is 0. The van der Waals surface area contributed by atoms with Crippen LogP contribution in [0.5, 0.6) is 0 Å². The van der Waals surface area contributed by atoms with Gasteiger partial charge in [0, 0.05) is 29.2 Å². The number of aromatic nitrogens is 2. The van der Waals surface area contributed by atoms with Crippen LogP contribution in [0.1, 0.15) is 23.2 Å². The van der Waals surface area contributed by atoms with Crippen LogP contribution in [0.25, 0.3) is 10.6 Å². The van der Waals surface area contributed by atoms with Gasteiger partial charge in [0.15, 0.2) is 0 Å². The highest BCUT2D eigenvalue weighted by Gasteiger charge is 2.29. The smallest absolute Gasteiger partial charge is 0.253 e. The van der Waals surface area contributed by atoms with Crippen molar-refractivity contribution in [1.29, 1.82) is 0 Å². The molecule has 1 aliphatic rings. The minimum Gasteiger partial charge on any atom is -0.338 e. The molecule has 0 saturated carbocycles. The van der Waals surface area contributed by atoms with Gasteiger partial charge in [-0.15, -0.1) is 10.2 Å². The first-order chi connectivity index (χ1) is 14.1. The first-order valence-electron chi connectivity index (χ1n) is 9.35. The highest BCUT2D eigenvalue weighted by atomic mass is 35.5. The van der Waals surface area contributed by atoms with Gasteiger partial charge in [-0.1, -0.05) is 53.3 Å². The van der Waals surface area contributed by atoms with Gasteiger partial charge in [0.05, 0.1) is 5.92 Å². The van der Waals surface area contributed by atoms with Crippen LogP contribution in [0.3, 0.4) is 0 Å². The molecule has 0 aliphatic carbocycles. The van der Waals surface area contributed by atoms with Crippen molar-refractivity contribution in [3.63, 3.8) is 0 Å². The number of carbonyl (C=O) groups is 2. The van der Waals surface area contributed by atoms with Gasteiger partial charge in [-0.3, -0.25) is 9.59 Å². The number of halogens is 1. The number of benzene rings is 2. The summed E-state index contributed by atoms with van der Waals surface area (Å²) in [6.07, 6.45) is 1.52. The third-order valence-electron chi connectivity index (χ3n) is 4.85.